The molecule has 0 unspecified atom stereocenters. The van der Waals surface area contributed by atoms with E-state index in [1.165, 1.54) is 47.9 Å². The van der Waals surface area contributed by atoms with Crippen LogP contribution in [0.4, 0.5) is 0 Å². The van der Waals surface area contributed by atoms with Gasteiger partial charge in [0.25, 0.3) is 0 Å². The first-order valence-electron chi connectivity index (χ1n) is 6.36. The van der Waals surface area contributed by atoms with Gasteiger partial charge in [0.2, 0.25) is 10.0 Å². The van der Waals surface area contributed by atoms with E-state index in [1.54, 1.807) is 6.07 Å². The van der Waals surface area contributed by atoms with Crippen molar-refractivity contribution in [3.05, 3.63) is 58.8 Å². The van der Waals surface area contributed by atoms with Crippen molar-refractivity contribution in [2.45, 2.75) is 11.4 Å². The van der Waals surface area contributed by atoms with Crippen LogP contribution in [0, 0.1) is 0 Å². The lowest BCUT2D eigenvalue weighted by Gasteiger charge is -2.15. The van der Waals surface area contributed by atoms with E-state index in [9.17, 15) is 13.2 Å². The van der Waals surface area contributed by atoms with Gasteiger partial charge in [0.05, 0.1) is 17.1 Å². The third kappa shape index (κ3) is 2.66. The van der Waals surface area contributed by atoms with Gasteiger partial charge in [0, 0.05) is 24.6 Å². The Morgan fingerprint density at radius 3 is 2.73 bits per heavy atom. The smallest absolute Gasteiger partial charge is 0.336 e. The van der Waals surface area contributed by atoms with E-state index in [4.69, 9.17) is 4.42 Å². The predicted octanol–water partition coefficient (Wildman–Crippen LogP) is 1.60. The molecule has 0 radical (unpaired) electrons. The standard InChI is InChI=1S/C14H12N2O5S/c1-16(9-11-6-7-20-15-11)22(18,19)12-3-4-13-10(8-12)2-5-14(17)21-13/h2-8H,9H2,1H3. The van der Waals surface area contributed by atoms with Gasteiger partial charge < -0.3 is 8.94 Å². The summed E-state index contributed by atoms with van der Waals surface area (Å²) in [6.45, 7) is 0.0980. The third-order valence-corrected chi connectivity index (χ3v) is 4.97. The summed E-state index contributed by atoms with van der Waals surface area (Å²) in [5.74, 6) is 0. The van der Waals surface area contributed by atoms with Crippen molar-refractivity contribution in [2.75, 3.05) is 7.05 Å². The van der Waals surface area contributed by atoms with Crippen molar-refractivity contribution in [3.63, 3.8) is 0 Å². The summed E-state index contributed by atoms with van der Waals surface area (Å²) < 4.78 is 35.9. The number of sulfonamides is 1. The van der Waals surface area contributed by atoms with Gasteiger partial charge in [-0.2, -0.15) is 4.31 Å². The van der Waals surface area contributed by atoms with Crippen molar-refractivity contribution < 1.29 is 17.4 Å². The Balaban J connectivity index is 1.97. The van der Waals surface area contributed by atoms with Gasteiger partial charge in [0.1, 0.15) is 11.8 Å². The zero-order chi connectivity index (χ0) is 15.7. The molecule has 0 amide bonds. The molecule has 2 aromatic heterocycles. The molecule has 7 nitrogen and oxygen atoms in total. The highest BCUT2D eigenvalue weighted by Crippen LogP contribution is 2.21. The lowest BCUT2D eigenvalue weighted by Crippen LogP contribution is -2.26. The van der Waals surface area contributed by atoms with Gasteiger partial charge in [0.15, 0.2) is 0 Å². The fourth-order valence-corrected chi connectivity index (χ4v) is 3.20. The molecule has 0 bridgehead atoms. The van der Waals surface area contributed by atoms with E-state index in [2.05, 4.69) is 9.68 Å². The Kier molecular flexibility index (Phi) is 3.55. The van der Waals surface area contributed by atoms with E-state index < -0.39 is 15.6 Å². The highest BCUT2D eigenvalue weighted by Gasteiger charge is 2.22. The topological polar surface area (TPSA) is 93.6 Å². The number of fused-ring (bicyclic) bond motifs is 1. The molecule has 3 rings (SSSR count). The zero-order valence-electron chi connectivity index (χ0n) is 11.6. The molecule has 1 aromatic carbocycles. The number of rotatable bonds is 4. The lowest BCUT2D eigenvalue weighted by atomic mass is 10.2. The van der Waals surface area contributed by atoms with E-state index in [0.29, 0.717) is 16.7 Å². The molecule has 0 spiro atoms. The Bertz CT molecular complexity index is 960. The van der Waals surface area contributed by atoms with E-state index >= 15 is 0 Å². The summed E-state index contributed by atoms with van der Waals surface area (Å²) in [4.78, 5) is 11.3. The fourth-order valence-electron chi connectivity index (χ4n) is 2.02. The number of aromatic nitrogens is 1. The van der Waals surface area contributed by atoms with Gasteiger partial charge in [-0.1, -0.05) is 5.16 Å². The molecular formula is C14H12N2O5S. The minimum absolute atomic E-state index is 0.0980. The summed E-state index contributed by atoms with van der Waals surface area (Å²) in [7, 11) is -2.23. The maximum Gasteiger partial charge on any atom is 0.336 e. The van der Waals surface area contributed by atoms with Crippen molar-refractivity contribution in [3.8, 4) is 0 Å². The monoisotopic (exact) mass is 320 g/mol. The van der Waals surface area contributed by atoms with Crippen LogP contribution < -0.4 is 5.63 Å². The molecule has 114 valence electrons. The molecule has 0 N–H and O–H groups in total. The Morgan fingerprint density at radius 2 is 2.00 bits per heavy atom. The van der Waals surface area contributed by atoms with Crippen molar-refractivity contribution >= 4 is 21.0 Å². The summed E-state index contributed by atoms with van der Waals surface area (Å²) >= 11 is 0. The van der Waals surface area contributed by atoms with E-state index in [-0.39, 0.29) is 11.4 Å². The van der Waals surface area contributed by atoms with Gasteiger partial charge in [-0.15, -0.1) is 0 Å². The van der Waals surface area contributed by atoms with E-state index in [0.717, 1.165) is 0 Å². The number of benzene rings is 1. The molecule has 0 atom stereocenters. The minimum Gasteiger partial charge on any atom is -0.423 e. The average molecular weight is 320 g/mol. The van der Waals surface area contributed by atoms with Crippen LogP contribution >= 0.6 is 0 Å². The van der Waals surface area contributed by atoms with Crippen LogP contribution in [0.15, 0.2) is 61.3 Å². The summed E-state index contributed by atoms with van der Waals surface area (Å²) in [5.41, 5.74) is 0.370. The van der Waals surface area contributed by atoms with Crippen LogP contribution in [-0.4, -0.2) is 24.9 Å². The van der Waals surface area contributed by atoms with Crippen LogP contribution in [0.3, 0.4) is 0 Å². The van der Waals surface area contributed by atoms with Gasteiger partial charge in [-0.25, -0.2) is 13.2 Å². The predicted molar refractivity (Wildman–Crippen MR) is 77.6 cm³/mol. The molecule has 22 heavy (non-hydrogen) atoms. The number of nitrogens with zero attached hydrogens (tertiary/aromatic N) is 2. The highest BCUT2D eigenvalue weighted by molar-refractivity contribution is 7.89. The van der Waals surface area contributed by atoms with Gasteiger partial charge in [-0.3, -0.25) is 0 Å². The molecule has 0 aliphatic carbocycles. The fraction of sp³-hybridized carbons (Fsp3) is 0.143. The minimum atomic E-state index is -3.68. The molecule has 0 aliphatic heterocycles. The van der Waals surface area contributed by atoms with Crippen LogP contribution in [-0.2, 0) is 16.6 Å². The summed E-state index contributed by atoms with van der Waals surface area (Å²) in [6.07, 6.45) is 1.38. The van der Waals surface area contributed by atoms with Crippen LogP contribution in [0.2, 0.25) is 0 Å². The summed E-state index contributed by atoms with van der Waals surface area (Å²) in [6, 6.07) is 8.71. The molecule has 2 heterocycles. The zero-order valence-corrected chi connectivity index (χ0v) is 12.4. The van der Waals surface area contributed by atoms with Crippen LogP contribution in [0.5, 0.6) is 0 Å². The van der Waals surface area contributed by atoms with E-state index in [1.807, 2.05) is 0 Å². The Morgan fingerprint density at radius 1 is 1.18 bits per heavy atom. The number of hydrogen-bond acceptors (Lipinski definition) is 6. The lowest BCUT2D eigenvalue weighted by molar-refractivity contribution is 0.394. The third-order valence-electron chi connectivity index (χ3n) is 3.17. The largest absolute Gasteiger partial charge is 0.423 e. The molecule has 3 aromatic rings. The van der Waals surface area contributed by atoms with Crippen LogP contribution in [0.25, 0.3) is 11.0 Å². The Hall–Kier alpha value is -2.45. The molecule has 8 heteroatoms. The van der Waals surface area contributed by atoms with Gasteiger partial charge >= 0.3 is 5.63 Å². The summed E-state index contributed by atoms with van der Waals surface area (Å²) in [5, 5.41) is 4.23. The van der Waals surface area contributed by atoms with Crippen molar-refractivity contribution in [1.29, 1.82) is 0 Å². The molecule has 0 fully saturated rings. The first-order chi connectivity index (χ1) is 10.5. The first-order valence-corrected chi connectivity index (χ1v) is 7.80. The average Bonchev–Trinajstić information content (AvgIpc) is 2.99. The molecular weight excluding hydrogens is 308 g/mol. The second kappa shape index (κ2) is 5.39. The maximum atomic E-state index is 12.5. The highest BCUT2D eigenvalue weighted by atomic mass is 32.2. The maximum absolute atomic E-state index is 12.5. The first kappa shape index (κ1) is 14.5. The van der Waals surface area contributed by atoms with Crippen molar-refractivity contribution in [2.24, 2.45) is 0 Å². The van der Waals surface area contributed by atoms with Crippen molar-refractivity contribution in [1.82, 2.24) is 9.46 Å². The van der Waals surface area contributed by atoms with Crippen LogP contribution in [0.1, 0.15) is 5.69 Å². The normalized spacial score (nSPS) is 12.1. The molecule has 0 saturated heterocycles. The number of hydrogen-bond donors (Lipinski definition) is 0. The van der Waals surface area contributed by atoms with Gasteiger partial charge in [-0.05, 0) is 24.3 Å². The molecule has 0 aliphatic rings. The second-order valence-electron chi connectivity index (χ2n) is 4.71. The SMILES string of the molecule is CN(Cc1ccon1)S(=O)(=O)c1ccc2oc(=O)ccc2c1. The quantitative estimate of drug-likeness (QED) is 0.678. The Labute approximate surface area is 125 Å². The molecule has 0 saturated carbocycles. The second-order valence-corrected chi connectivity index (χ2v) is 6.75.